The third-order valence-electron chi connectivity index (χ3n) is 2.55. The molecule has 0 aliphatic heterocycles. The van der Waals surface area contributed by atoms with E-state index in [0.29, 0.717) is 5.13 Å². The van der Waals surface area contributed by atoms with Crippen LogP contribution in [-0.2, 0) is 5.41 Å². The minimum atomic E-state index is 0.0868. The Hall–Kier alpha value is -1.29. The van der Waals surface area contributed by atoms with Crippen molar-refractivity contribution in [2.24, 2.45) is 0 Å². The molecule has 0 aliphatic rings. The van der Waals surface area contributed by atoms with Gasteiger partial charge in [0.2, 0.25) is 0 Å². The summed E-state index contributed by atoms with van der Waals surface area (Å²) in [6, 6.07) is 4.06. The molecule has 1 aromatic heterocycles. The maximum atomic E-state index is 5.78. The fourth-order valence-electron chi connectivity index (χ4n) is 1.76. The average Bonchev–Trinajstić information content (AvgIpc) is 2.55. The highest BCUT2D eigenvalue weighted by atomic mass is 32.1. The van der Waals surface area contributed by atoms with Crippen LogP contribution >= 0.6 is 11.3 Å². The summed E-state index contributed by atoms with van der Waals surface area (Å²) in [5, 5.41) is 0.588. The SMILES string of the molecule is COc1ccc(C(C)(C)C)c2sc(N)nc12. The Balaban J connectivity index is 2.79. The lowest BCUT2D eigenvalue weighted by Crippen LogP contribution is -2.11. The molecule has 0 atom stereocenters. The molecule has 0 fully saturated rings. The first-order valence-electron chi connectivity index (χ1n) is 5.17. The largest absolute Gasteiger partial charge is 0.494 e. The first kappa shape index (κ1) is 11.2. The molecule has 1 aromatic carbocycles. The third-order valence-corrected chi connectivity index (χ3v) is 3.47. The number of rotatable bonds is 1. The molecule has 4 heteroatoms. The Bertz CT molecular complexity index is 526. The van der Waals surface area contributed by atoms with Crippen molar-refractivity contribution in [3.8, 4) is 5.75 Å². The molecule has 2 rings (SSSR count). The van der Waals surface area contributed by atoms with Crippen LogP contribution in [0.4, 0.5) is 5.13 Å². The number of benzene rings is 1. The van der Waals surface area contributed by atoms with Crippen LogP contribution in [0.25, 0.3) is 10.2 Å². The summed E-state index contributed by atoms with van der Waals surface area (Å²) in [6.45, 7) is 6.55. The van der Waals surface area contributed by atoms with Crippen LogP contribution in [0.1, 0.15) is 26.3 Å². The molecule has 0 amide bonds. The highest BCUT2D eigenvalue weighted by Crippen LogP contribution is 2.38. The van der Waals surface area contributed by atoms with Gasteiger partial charge < -0.3 is 10.5 Å². The second-order valence-corrected chi connectivity index (χ2v) is 5.83. The van der Waals surface area contributed by atoms with E-state index in [0.717, 1.165) is 16.0 Å². The van der Waals surface area contributed by atoms with Gasteiger partial charge >= 0.3 is 0 Å². The van der Waals surface area contributed by atoms with Crippen molar-refractivity contribution >= 4 is 26.7 Å². The van der Waals surface area contributed by atoms with Gasteiger partial charge in [-0.05, 0) is 17.0 Å². The lowest BCUT2D eigenvalue weighted by atomic mass is 9.87. The van der Waals surface area contributed by atoms with E-state index < -0.39 is 0 Å². The smallest absolute Gasteiger partial charge is 0.181 e. The summed E-state index contributed by atoms with van der Waals surface area (Å²) in [6.07, 6.45) is 0. The van der Waals surface area contributed by atoms with E-state index in [1.165, 1.54) is 16.9 Å². The highest BCUT2D eigenvalue weighted by molar-refractivity contribution is 7.22. The molecule has 2 N–H and O–H groups in total. The predicted octanol–water partition coefficient (Wildman–Crippen LogP) is 3.18. The van der Waals surface area contributed by atoms with Crippen molar-refractivity contribution < 1.29 is 4.74 Å². The van der Waals surface area contributed by atoms with E-state index in [4.69, 9.17) is 10.5 Å². The zero-order valence-corrected chi connectivity index (χ0v) is 10.8. The quantitative estimate of drug-likeness (QED) is 0.827. The molecule has 2 aromatic rings. The lowest BCUT2D eigenvalue weighted by Gasteiger charge is -2.20. The molecule has 0 radical (unpaired) electrons. The van der Waals surface area contributed by atoms with Gasteiger partial charge in [0.25, 0.3) is 0 Å². The van der Waals surface area contributed by atoms with Crippen molar-refractivity contribution in [1.29, 1.82) is 0 Å². The zero-order chi connectivity index (χ0) is 11.9. The molecule has 0 bridgehead atoms. The van der Waals surface area contributed by atoms with Crippen molar-refractivity contribution in [3.05, 3.63) is 17.7 Å². The monoisotopic (exact) mass is 236 g/mol. The van der Waals surface area contributed by atoms with E-state index in [2.05, 4.69) is 31.8 Å². The fourth-order valence-corrected chi connectivity index (χ4v) is 2.83. The molecule has 0 spiro atoms. The zero-order valence-electron chi connectivity index (χ0n) is 10.00. The van der Waals surface area contributed by atoms with Crippen LogP contribution in [0.5, 0.6) is 5.75 Å². The van der Waals surface area contributed by atoms with Crippen molar-refractivity contribution in [2.75, 3.05) is 12.8 Å². The number of nitrogens with zero attached hydrogens (tertiary/aromatic N) is 1. The number of hydrogen-bond donors (Lipinski definition) is 1. The summed E-state index contributed by atoms with van der Waals surface area (Å²) in [5.41, 5.74) is 8.00. The van der Waals surface area contributed by atoms with E-state index in [-0.39, 0.29) is 5.41 Å². The number of ether oxygens (including phenoxy) is 1. The van der Waals surface area contributed by atoms with E-state index in [1.54, 1.807) is 7.11 Å². The van der Waals surface area contributed by atoms with Gasteiger partial charge in [-0.2, -0.15) is 0 Å². The van der Waals surface area contributed by atoms with Crippen LogP contribution in [0, 0.1) is 0 Å². The minimum Gasteiger partial charge on any atom is -0.494 e. The third kappa shape index (κ3) is 1.73. The number of methoxy groups -OCH3 is 1. The van der Waals surface area contributed by atoms with Crippen molar-refractivity contribution in [3.63, 3.8) is 0 Å². The topological polar surface area (TPSA) is 48.1 Å². The molecule has 0 aliphatic carbocycles. The summed E-state index contributed by atoms with van der Waals surface area (Å²) < 4.78 is 6.43. The van der Waals surface area contributed by atoms with Crippen LogP contribution < -0.4 is 10.5 Å². The van der Waals surface area contributed by atoms with Gasteiger partial charge in [0.1, 0.15) is 11.3 Å². The Morgan fingerprint density at radius 1 is 1.31 bits per heavy atom. The van der Waals surface area contributed by atoms with Crippen LogP contribution in [0.2, 0.25) is 0 Å². The molecule has 86 valence electrons. The van der Waals surface area contributed by atoms with Crippen LogP contribution in [-0.4, -0.2) is 12.1 Å². The number of aromatic nitrogens is 1. The van der Waals surface area contributed by atoms with Gasteiger partial charge in [-0.3, -0.25) is 0 Å². The first-order chi connectivity index (χ1) is 7.43. The summed E-state index contributed by atoms with van der Waals surface area (Å²) in [5.74, 6) is 0.788. The number of fused-ring (bicyclic) bond motifs is 1. The summed E-state index contributed by atoms with van der Waals surface area (Å²) in [7, 11) is 1.65. The number of nitrogens with two attached hydrogens (primary N) is 1. The van der Waals surface area contributed by atoms with Crippen LogP contribution in [0.15, 0.2) is 12.1 Å². The fraction of sp³-hybridized carbons (Fsp3) is 0.417. The number of thiazole rings is 1. The van der Waals surface area contributed by atoms with Gasteiger partial charge in [0.15, 0.2) is 5.13 Å². The molecule has 0 saturated carbocycles. The average molecular weight is 236 g/mol. The van der Waals surface area contributed by atoms with Crippen LogP contribution in [0.3, 0.4) is 0 Å². The Morgan fingerprint density at radius 2 is 2.00 bits per heavy atom. The standard InChI is InChI=1S/C12H16N2OS/c1-12(2,3)7-5-6-8(15-4)9-10(7)16-11(13)14-9/h5-6H,1-4H3,(H2,13,14). The van der Waals surface area contributed by atoms with Gasteiger partial charge in [0, 0.05) is 0 Å². The van der Waals surface area contributed by atoms with E-state index >= 15 is 0 Å². The van der Waals surface area contributed by atoms with Gasteiger partial charge in [-0.25, -0.2) is 4.98 Å². The molecular formula is C12H16N2OS. The maximum absolute atomic E-state index is 5.78. The Kier molecular flexibility index (Phi) is 2.54. The number of nitrogen functional groups attached to an aromatic ring is 1. The number of hydrogen-bond acceptors (Lipinski definition) is 4. The number of anilines is 1. The first-order valence-corrected chi connectivity index (χ1v) is 5.98. The van der Waals surface area contributed by atoms with E-state index in [9.17, 15) is 0 Å². The molecular weight excluding hydrogens is 220 g/mol. The summed E-state index contributed by atoms with van der Waals surface area (Å²) >= 11 is 1.52. The van der Waals surface area contributed by atoms with E-state index in [1.807, 2.05) is 6.07 Å². The maximum Gasteiger partial charge on any atom is 0.181 e. The normalized spacial score (nSPS) is 12.0. The molecule has 0 saturated heterocycles. The van der Waals surface area contributed by atoms with Gasteiger partial charge in [-0.15, -0.1) is 0 Å². The highest BCUT2D eigenvalue weighted by Gasteiger charge is 2.20. The molecule has 16 heavy (non-hydrogen) atoms. The summed E-state index contributed by atoms with van der Waals surface area (Å²) in [4.78, 5) is 4.33. The van der Waals surface area contributed by atoms with Crippen molar-refractivity contribution in [2.45, 2.75) is 26.2 Å². The van der Waals surface area contributed by atoms with Crippen molar-refractivity contribution in [1.82, 2.24) is 4.98 Å². The van der Waals surface area contributed by atoms with Gasteiger partial charge in [-0.1, -0.05) is 38.2 Å². The minimum absolute atomic E-state index is 0.0868. The lowest BCUT2D eigenvalue weighted by molar-refractivity contribution is 0.418. The molecule has 1 heterocycles. The second kappa shape index (κ2) is 3.63. The predicted molar refractivity (Wildman–Crippen MR) is 69.3 cm³/mol. The van der Waals surface area contributed by atoms with Gasteiger partial charge in [0.05, 0.1) is 11.8 Å². The second-order valence-electron chi connectivity index (χ2n) is 4.80. The molecule has 0 unspecified atom stereocenters. The Morgan fingerprint density at radius 3 is 2.56 bits per heavy atom. The molecule has 3 nitrogen and oxygen atoms in total. The Labute approximate surface area is 99.3 Å².